The van der Waals surface area contributed by atoms with Crippen LogP contribution in [0, 0.1) is 0 Å². The smallest absolute Gasteiger partial charge is 0.243 e. The van der Waals surface area contributed by atoms with Gasteiger partial charge in [0, 0.05) is 24.8 Å². The van der Waals surface area contributed by atoms with Crippen LogP contribution in [0.5, 0.6) is 0 Å². The monoisotopic (exact) mass is 287 g/mol. The van der Waals surface area contributed by atoms with Gasteiger partial charge in [-0.1, -0.05) is 13.8 Å². The fraction of sp³-hybridized carbons (Fsp3) is 0.846. The number of nitrogens with one attached hydrogen (secondary N) is 2. The van der Waals surface area contributed by atoms with Crippen LogP contribution < -0.4 is 10.6 Å². The molecule has 1 rings (SSSR count). The first kappa shape index (κ1) is 16.3. The summed E-state index contributed by atoms with van der Waals surface area (Å²) in [5.41, 5.74) is 0. The third-order valence-corrected chi connectivity index (χ3v) is 4.12. The van der Waals surface area contributed by atoms with E-state index in [1.54, 1.807) is 16.7 Å². The first-order chi connectivity index (χ1) is 9.10. The zero-order chi connectivity index (χ0) is 14.3. The van der Waals surface area contributed by atoms with Crippen LogP contribution in [0.4, 0.5) is 0 Å². The van der Waals surface area contributed by atoms with E-state index < -0.39 is 0 Å². The average molecular weight is 287 g/mol. The number of likely N-dealkylation sites (N-methyl/N-ethyl adjacent to an activating group) is 1. The van der Waals surface area contributed by atoms with Gasteiger partial charge in [-0.3, -0.25) is 9.59 Å². The zero-order valence-corrected chi connectivity index (χ0v) is 12.9. The van der Waals surface area contributed by atoms with Gasteiger partial charge in [0.15, 0.2) is 0 Å². The van der Waals surface area contributed by atoms with Crippen molar-refractivity contribution in [3.8, 4) is 0 Å². The van der Waals surface area contributed by atoms with Gasteiger partial charge in [-0.05, 0) is 19.9 Å². The number of amides is 2. The van der Waals surface area contributed by atoms with E-state index in [2.05, 4.69) is 10.6 Å². The van der Waals surface area contributed by atoms with E-state index in [-0.39, 0.29) is 23.9 Å². The molecule has 110 valence electrons. The van der Waals surface area contributed by atoms with Crippen LogP contribution in [-0.2, 0) is 9.59 Å². The number of hydrogen-bond donors (Lipinski definition) is 2. The van der Waals surface area contributed by atoms with Crippen molar-refractivity contribution in [1.82, 2.24) is 15.5 Å². The summed E-state index contributed by atoms with van der Waals surface area (Å²) in [5.74, 6) is 1.41. The molecule has 0 aromatic heterocycles. The second kappa shape index (κ2) is 8.43. The van der Waals surface area contributed by atoms with Gasteiger partial charge in [0.2, 0.25) is 11.8 Å². The predicted octanol–water partition coefficient (Wildman–Crippen LogP) is 0.802. The third-order valence-electron chi connectivity index (χ3n) is 3.10. The molecule has 0 aliphatic carbocycles. The second-order valence-corrected chi connectivity index (χ2v) is 5.83. The molecule has 2 amide bonds. The predicted molar refractivity (Wildman–Crippen MR) is 79.0 cm³/mol. The Labute approximate surface area is 119 Å². The maximum atomic E-state index is 12.1. The highest BCUT2D eigenvalue weighted by molar-refractivity contribution is 7.99. The Morgan fingerprint density at radius 3 is 2.79 bits per heavy atom. The summed E-state index contributed by atoms with van der Waals surface area (Å²) >= 11 is 1.65. The summed E-state index contributed by atoms with van der Waals surface area (Å²) in [6.45, 7) is 7.54. The summed E-state index contributed by atoms with van der Waals surface area (Å²) in [6, 6.07) is -0.0410. The molecule has 1 aliphatic rings. The fourth-order valence-corrected chi connectivity index (χ4v) is 3.24. The summed E-state index contributed by atoms with van der Waals surface area (Å²) in [7, 11) is 0. The third kappa shape index (κ3) is 5.03. The van der Waals surface area contributed by atoms with Gasteiger partial charge in [-0.15, -0.1) is 11.8 Å². The van der Waals surface area contributed by atoms with Crippen molar-refractivity contribution in [2.24, 2.45) is 0 Å². The number of rotatable bonds is 7. The van der Waals surface area contributed by atoms with Crippen LogP contribution in [0.2, 0.25) is 0 Å². The Morgan fingerprint density at radius 1 is 1.42 bits per heavy atom. The Morgan fingerprint density at radius 2 is 2.16 bits per heavy atom. The Hall–Kier alpha value is -0.750. The molecule has 2 atom stereocenters. The lowest BCUT2D eigenvalue weighted by Gasteiger charge is -2.23. The van der Waals surface area contributed by atoms with E-state index in [0.717, 1.165) is 13.0 Å². The van der Waals surface area contributed by atoms with Crippen molar-refractivity contribution >= 4 is 23.6 Å². The minimum absolute atomic E-state index is 0.0285. The van der Waals surface area contributed by atoms with Crippen LogP contribution in [0.25, 0.3) is 0 Å². The van der Waals surface area contributed by atoms with Gasteiger partial charge in [0.05, 0.1) is 5.88 Å². The Balaban J connectivity index is 2.44. The molecular formula is C13H25N3O2S. The largest absolute Gasteiger partial charge is 0.353 e. The van der Waals surface area contributed by atoms with Gasteiger partial charge >= 0.3 is 0 Å². The highest BCUT2D eigenvalue weighted by atomic mass is 32.2. The highest BCUT2D eigenvalue weighted by Gasteiger charge is 2.33. The molecule has 0 bridgehead atoms. The van der Waals surface area contributed by atoms with E-state index in [4.69, 9.17) is 0 Å². The molecular weight excluding hydrogens is 262 g/mol. The lowest BCUT2D eigenvalue weighted by atomic mass is 10.2. The molecule has 5 nitrogen and oxygen atoms in total. The number of nitrogens with zero attached hydrogens (tertiary/aromatic N) is 1. The first-order valence-corrected chi connectivity index (χ1v) is 8.13. The summed E-state index contributed by atoms with van der Waals surface area (Å²) < 4.78 is 0. The highest BCUT2D eigenvalue weighted by Crippen LogP contribution is 2.22. The molecule has 0 aromatic rings. The van der Waals surface area contributed by atoms with Crippen LogP contribution in [0.1, 0.15) is 33.6 Å². The van der Waals surface area contributed by atoms with Crippen molar-refractivity contribution < 1.29 is 9.59 Å². The summed E-state index contributed by atoms with van der Waals surface area (Å²) in [5, 5.41) is 6.17. The summed E-state index contributed by atoms with van der Waals surface area (Å²) in [6.07, 6.45) is 1.35. The number of carbonyl (C=O) groups is 2. The Bertz CT molecular complexity index is 312. The SMILES string of the molecule is CCCC(=O)N1CSCC1C(=O)NC[C@@H](C)NCC. The normalized spacial score (nSPS) is 20.4. The van der Waals surface area contributed by atoms with Gasteiger partial charge in [0.25, 0.3) is 0 Å². The fourth-order valence-electron chi connectivity index (χ4n) is 2.06. The van der Waals surface area contributed by atoms with Crippen molar-refractivity contribution in [2.75, 3.05) is 24.7 Å². The number of carbonyl (C=O) groups excluding carboxylic acids is 2. The van der Waals surface area contributed by atoms with Crippen molar-refractivity contribution in [2.45, 2.75) is 45.7 Å². The Kier molecular flexibility index (Phi) is 7.23. The van der Waals surface area contributed by atoms with E-state index in [1.165, 1.54) is 0 Å². The van der Waals surface area contributed by atoms with Crippen molar-refractivity contribution in [3.05, 3.63) is 0 Å². The molecule has 0 radical (unpaired) electrons. The van der Waals surface area contributed by atoms with Crippen molar-refractivity contribution in [3.63, 3.8) is 0 Å². The van der Waals surface area contributed by atoms with Gasteiger partial charge in [0.1, 0.15) is 6.04 Å². The summed E-state index contributed by atoms with van der Waals surface area (Å²) in [4.78, 5) is 25.8. The van der Waals surface area contributed by atoms with E-state index in [1.807, 2.05) is 20.8 Å². The van der Waals surface area contributed by atoms with Gasteiger partial charge < -0.3 is 15.5 Å². The van der Waals surface area contributed by atoms with Gasteiger partial charge in [-0.2, -0.15) is 0 Å². The van der Waals surface area contributed by atoms with Crippen LogP contribution in [0.15, 0.2) is 0 Å². The molecule has 1 fully saturated rings. The molecule has 1 aliphatic heterocycles. The van der Waals surface area contributed by atoms with E-state index in [9.17, 15) is 9.59 Å². The van der Waals surface area contributed by atoms with Crippen LogP contribution in [0.3, 0.4) is 0 Å². The molecule has 0 spiro atoms. The van der Waals surface area contributed by atoms with E-state index in [0.29, 0.717) is 24.6 Å². The standard InChI is InChI=1S/C13H25N3O2S/c1-4-6-12(17)16-9-19-8-11(16)13(18)15-7-10(3)14-5-2/h10-11,14H,4-9H2,1-3H3,(H,15,18)/t10-,11?/m1/s1. The molecule has 1 heterocycles. The number of hydrogen-bond acceptors (Lipinski definition) is 4. The molecule has 19 heavy (non-hydrogen) atoms. The molecule has 1 unspecified atom stereocenters. The molecule has 2 N–H and O–H groups in total. The quantitative estimate of drug-likeness (QED) is 0.727. The first-order valence-electron chi connectivity index (χ1n) is 6.98. The topological polar surface area (TPSA) is 61.4 Å². The lowest BCUT2D eigenvalue weighted by Crippen LogP contribution is -2.49. The minimum atomic E-state index is -0.294. The van der Waals surface area contributed by atoms with Gasteiger partial charge in [-0.25, -0.2) is 0 Å². The minimum Gasteiger partial charge on any atom is -0.353 e. The maximum absolute atomic E-state index is 12.1. The van der Waals surface area contributed by atoms with E-state index >= 15 is 0 Å². The maximum Gasteiger partial charge on any atom is 0.243 e. The second-order valence-electron chi connectivity index (χ2n) is 4.83. The zero-order valence-electron chi connectivity index (χ0n) is 12.1. The molecule has 0 saturated carbocycles. The molecule has 0 aromatic carbocycles. The van der Waals surface area contributed by atoms with Crippen molar-refractivity contribution in [1.29, 1.82) is 0 Å². The molecule has 1 saturated heterocycles. The van der Waals surface area contributed by atoms with Crippen LogP contribution in [-0.4, -0.2) is 53.5 Å². The molecule has 6 heteroatoms. The van der Waals surface area contributed by atoms with Crippen LogP contribution >= 0.6 is 11.8 Å². The lowest BCUT2D eigenvalue weighted by molar-refractivity contribution is -0.138. The number of thioether (sulfide) groups is 1. The average Bonchev–Trinajstić information content (AvgIpc) is 2.86.